The summed E-state index contributed by atoms with van der Waals surface area (Å²) < 4.78 is 0. The number of anilines is 1. The molecule has 5 heteroatoms. The fourth-order valence-corrected chi connectivity index (χ4v) is 3.38. The molecular formula is C16H20N2O3. The fourth-order valence-electron chi connectivity index (χ4n) is 3.38. The average molecular weight is 288 g/mol. The number of carboxylic acid groups (broad SMARTS) is 1. The van der Waals surface area contributed by atoms with Crippen LogP contribution in [0.15, 0.2) is 18.2 Å². The second-order valence-electron chi connectivity index (χ2n) is 5.73. The Hall–Kier alpha value is -2.04. The number of hydrogen-bond acceptors (Lipinski definition) is 2. The molecule has 1 atom stereocenters. The molecule has 0 spiro atoms. The Morgan fingerprint density at radius 2 is 2.14 bits per heavy atom. The molecule has 1 saturated heterocycles. The Balaban J connectivity index is 1.88. The normalized spacial score (nSPS) is 20.7. The van der Waals surface area contributed by atoms with E-state index in [0.717, 1.165) is 43.5 Å². The second kappa shape index (κ2) is 5.39. The molecule has 0 aromatic heterocycles. The van der Waals surface area contributed by atoms with Crippen molar-refractivity contribution >= 4 is 17.7 Å². The molecule has 1 fully saturated rings. The lowest BCUT2D eigenvalue weighted by Crippen LogP contribution is -2.44. The first-order valence-electron chi connectivity index (χ1n) is 7.56. The third-order valence-electron chi connectivity index (χ3n) is 4.55. The number of amides is 2. The van der Waals surface area contributed by atoms with Crippen molar-refractivity contribution in [3.63, 3.8) is 0 Å². The van der Waals surface area contributed by atoms with Gasteiger partial charge in [0.1, 0.15) is 0 Å². The van der Waals surface area contributed by atoms with Crippen molar-refractivity contribution in [2.75, 3.05) is 18.0 Å². The number of urea groups is 1. The first-order valence-corrected chi connectivity index (χ1v) is 7.56. The molecule has 0 bridgehead atoms. The van der Waals surface area contributed by atoms with Gasteiger partial charge in [0.2, 0.25) is 0 Å². The van der Waals surface area contributed by atoms with Crippen LogP contribution in [0.1, 0.15) is 42.1 Å². The van der Waals surface area contributed by atoms with Gasteiger partial charge in [-0.25, -0.2) is 9.59 Å². The Morgan fingerprint density at radius 1 is 1.33 bits per heavy atom. The van der Waals surface area contributed by atoms with E-state index in [4.69, 9.17) is 5.11 Å². The number of aromatic carboxylic acids is 1. The van der Waals surface area contributed by atoms with Gasteiger partial charge in [-0.2, -0.15) is 0 Å². The number of hydrogen-bond donors (Lipinski definition) is 1. The summed E-state index contributed by atoms with van der Waals surface area (Å²) in [5.74, 6) is -0.954. The maximum atomic E-state index is 12.8. The van der Waals surface area contributed by atoms with Gasteiger partial charge in [0.15, 0.2) is 0 Å². The minimum Gasteiger partial charge on any atom is -0.478 e. The van der Waals surface area contributed by atoms with Crippen molar-refractivity contribution in [2.24, 2.45) is 0 Å². The predicted octanol–water partition coefficient (Wildman–Crippen LogP) is 2.74. The van der Waals surface area contributed by atoms with Crippen LogP contribution in [0.5, 0.6) is 0 Å². The van der Waals surface area contributed by atoms with Gasteiger partial charge in [-0.1, -0.05) is 13.0 Å². The first-order chi connectivity index (χ1) is 10.1. The van der Waals surface area contributed by atoms with Gasteiger partial charge in [-0.15, -0.1) is 0 Å². The summed E-state index contributed by atoms with van der Waals surface area (Å²) >= 11 is 0. The molecule has 2 aliphatic heterocycles. The van der Waals surface area contributed by atoms with Crippen LogP contribution in [0.3, 0.4) is 0 Å². The zero-order valence-electron chi connectivity index (χ0n) is 12.2. The molecule has 5 nitrogen and oxygen atoms in total. The number of benzene rings is 1. The maximum absolute atomic E-state index is 12.8. The summed E-state index contributed by atoms with van der Waals surface area (Å²) in [6.07, 6.45) is 3.89. The topological polar surface area (TPSA) is 60.9 Å². The van der Waals surface area contributed by atoms with E-state index >= 15 is 0 Å². The molecule has 2 heterocycles. The number of nitrogens with zero attached hydrogens (tertiary/aromatic N) is 2. The van der Waals surface area contributed by atoms with Crippen LogP contribution in [0, 0.1) is 0 Å². The molecule has 0 radical (unpaired) electrons. The smallest absolute Gasteiger partial charge is 0.335 e. The van der Waals surface area contributed by atoms with E-state index in [-0.39, 0.29) is 11.6 Å². The maximum Gasteiger partial charge on any atom is 0.335 e. The zero-order chi connectivity index (χ0) is 15.0. The van der Waals surface area contributed by atoms with Crippen LogP contribution in [0.2, 0.25) is 0 Å². The summed E-state index contributed by atoms with van der Waals surface area (Å²) in [5, 5.41) is 9.12. The fraction of sp³-hybridized carbons (Fsp3) is 0.500. The number of carboxylic acids is 1. The summed E-state index contributed by atoms with van der Waals surface area (Å²) in [5.41, 5.74) is 2.06. The lowest BCUT2D eigenvalue weighted by atomic mass is 10.1. The van der Waals surface area contributed by atoms with Crippen molar-refractivity contribution in [3.05, 3.63) is 29.3 Å². The van der Waals surface area contributed by atoms with E-state index < -0.39 is 5.97 Å². The van der Waals surface area contributed by atoms with Gasteiger partial charge < -0.3 is 10.0 Å². The van der Waals surface area contributed by atoms with Gasteiger partial charge in [0.05, 0.1) is 5.56 Å². The largest absolute Gasteiger partial charge is 0.478 e. The van der Waals surface area contributed by atoms with E-state index in [1.54, 1.807) is 17.0 Å². The summed E-state index contributed by atoms with van der Waals surface area (Å²) in [6, 6.07) is 5.41. The van der Waals surface area contributed by atoms with Crippen LogP contribution in [0.4, 0.5) is 10.5 Å². The number of fused-ring (bicyclic) bond motifs is 1. The van der Waals surface area contributed by atoms with Crippen molar-refractivity contribution in [3.8, 4) is 0 Å². The summed E-state index contributed by atoms with van der Waals surface area (Å²) in [4.78, 5) is 27.6. The minimum absolute atomic E-state index is 0.0284. The molecule has 2 aliphatic rings. The molecule has 1 unspecified atom stereocenters. The third kappa shape index (κ3) is 2.37. The van der Waals surface area contributed by atoms with Crippen LogP contribution in [-0.2, 0) is 6.42 Å². The highest BCUT2D eigenvalue weighted by Gasteiger charge is 2.34. The van der Waals surface area contributed by atoms with Gasteiger partial charge in [-0.3, -0.25) is 4.90 Å². The molecule has 1 N–H and O–H groups in total. The van der Waals surface area contributed by atoms with Gasteiger partial charge in [-0.05, 0) is 43.4 Å². The van der Waals surface area contributed by atoms with E-state index in [1.165, 1.54) is 0 Å². The number of carbonyl (C=O) groups excluding carboxylic acids is 1. The zero-order valence-corrected chi connectivity index (χ0v) is 12.2. The van der Waals surface area contributed by atoms with Gasteiger partial charge >= 0.3 is 12.0 Å². The molecule has 0 saturated carbocycles. The molecule has 0 aliphatic carbocycles. The average Bonchev–Trinajstić information content (AvgIpc) is 3.12. The van der Waals surface area contributed by atoms with Crippen molar-refractivity contribution in [1.82, 2.24) is 4.90 Å². The van der Waals surface area contributed by atoms with E-state index in [1.807, 2.05) is 11.0 Å². The molecular weight excluding hydrogens is 268 g/mol. The Kier molecular flexibility index (Phi) is 3.57. The minimum atomic E-state index is -0.954. The Morgan fingerprint density at radius 3 is 2.86 bits per heavy atom. The lowest BCUT2D eigenvalue weighted by molar-refractivity contribution is 0.0697. The Bertz CT molecular complexity index is 585. The third-order valence-corrected chi connectivity index (χ3v) is 4.55. The van der Waals surface area contributed by atoms with E-state index in [0.29, 0.717) is 12.6 Å². The first kappa shape index (κ1) is 13.9. The predicted molar refractivity (Wildman–Crippen MR) is 79.9 cm³/mol. The highest BCUT2D eigenvalue weighted by atomic mass is 16.4. The monoisotopic (exact) mass is 288 g/mol. The van der Waals surface area contributed by atoms with E-state index in [9.17, 15) is 9.59 Å². The second-order valence-corrected chi connectivity index (χ2v) is 5.73. The molecule has 2 amide bonds. The molecule has 1 aromatic carbocycles. The van der Waals surface area contributed by atoms with Crippen molar-refractivity contribution in [2.45, 2.75) is 38.6 Å². The van der Waals surface area contributed by atoms with Crippen LogP contribution >= 0.6 is 0 Å². The molecule has 112 valence electrons. The van der Waals surface area contributed by atoms with Crippen LogP contribution in [-0.4, -0.2) is 41.1 Å². The van der Waals surface area contributed by atoms with Crippen LogP contribution in [0.25, 0.3) is 0 Å². The molecule has 1 aromatic rings. The van der Waals surface area contributed by atoms with Crippen molar-refractivity contribution < 1.29 is 14.7 Å². The highest BCUT2D eigenvalue weighted by Crippen LogP contribution is 2.32. The highest BCUT2D eigenvalue weighted by molar-refractivity contribution is 5.97. The molecule has 21 heavy (non-hydrogen) atoms. The SMILES string of the molecule is CCC1CCCN1C(=O)N1CCc2ccc(C(=O)O)cc21. The lowest BCUT2D eigenvalue weighted by Gasteiger charge is -2.29. The number of likely N-dealkylation sites (tertiary alicyclic amines) is 1. The molecule has 3 rings (SSSR count). The van der Waals surface area contributed by atoms with Gasteiger partial charge in [0, 0.05) is 24.8 Å². The summed E-state index contributed by atoms with van der Waals surface area (Å²) in [7, 11) is 0. The standard InChI is InChI=1S/C16H20N2O3/c1-2-13-4-3-8-17(13)16(21)18-9-7-11-5-6-12(15(19)20)10-14(11)18/h5-6,10,13H,2-4,7-9H2,1H3,(H,19,20). The summed E-state index contributed by atoms with van der Waals surface area (Å²) in [6.45, 7) is 3.56. The Labute approximate surface area is 124 Å². The quantitative estimate of drug-likeness (QED) is 0.910. The van der Waals surface area contributed by atoms with Crippen molar-refractivity contribution in [1.29, 1.82) is 0 Å². The van der Waals surface area contributed by atoms with Crippen LogP contribution < -0.4 is 4.90 Å². The number of rotatable bonds is 2. The van der Waals surface area contributed by atoms with Gasteiger partial charge in [0.25, 0.3) is 0 Å². The van der Waals surface area contributed by atoms with E-state index in [2.05, 4.69) is 6.92 Å². The number of carbonyl (C=O) groups is 2.